The van der Waals surface area contributed by atoms with Crippen LogP contribution in [0, 0.1) is 0 Å². The Hall–Kier alpha value is -2.84. The summed E-state index contributed by atoms with van der Waals surface area (Å²) in [5.41, 5.74) is -0.560. The van der Waals surface area contributed by atoms with Gasteiger partial charge in [-0.3, -0.25) is 14.5 Å². The van der Waals surface area contributed by atoms with E-state index in [1.54, 1.807) is 28.1 Å². The molecule has 3 rings (SSSR count). The van der Waals surface area contributed by atoms with E-state index in [-0.39, 0.29) is 31.1 Å². The van der Waals surface area contributed by atoms with Gasteiger partial charge >= 0.3 is 6.09 Å². The zero-order chi connectivity index (χ0) is 20.3. The summed E-state index contributed by atoms with van der Waals surface area (Å²) in [4.78, 5) is 46.1. The third-order valence-electron chi connectivity index (χ3n) is 4.45. The third kappa shape index (κ3) is 4.71. The molecule has 3 amide bonds. The molecule has 0 bridgehead atoms. The molecule has 3 heterocycles. The molecule has 152 valence electrons. The molecule has 0 radical (unpaired) electrons. The zero-order valence-corrected chi connectivity index (χ0v) is 16.5. The van der Waals surface area contributed by atoms with E-state index >= 15 is 0 Å². The van der Waals surface area contributed by atoms with E-state index in [0.29, 0.717) is 44.2 Å². The molecule has 1 aromatic heterocycles. The smallest absolute Gasteiger partial charge is 0.410 e. The normalized spacial score (nSPS) is 17.5. The Labute approximate surface area is 164 Å². The van der Waals surface area contributed by atoms with Gasteiger partial charge in [0.25, 0.3) is 5.91 Å². The molecule has 1 saturated heterocycles. The molecule has 0 aliphatic carbocycles. The van der Waals surface area contributed by atoms with Gasteiger partial charge in [-0.1, -0.05) is 0 Å². The number of amides is 3. The largest absolute Gasteiger partial charge is 0.480 e. The van der Waals surface area contributed by atoms with Crippen LogP contribution in [0.25, 0.3) is 0 Å². The molecule has 0 N–H and O–H groups in total. The van der Waals surface area contributed by atoms with E-state index < -0.39 is 5.60 Å². The second-order valence-electron chi connectivity index (χ2n) is 7.80. The van der Waals surface area contributed by atoms with Gasteiger partial charge in [-0.05, 0) is 39.3 Å². The van der Waals surface area contributed by atoms with Crippen LogP contribution in [0.15, 0.2) is 18.3 Å². The molecule has 9 heteroatoms. The van der Waals surface area contributed by atoms with Crippen LogP contribution in [0.4, 0.5) is 10.6 Å². The van der Waals surface area contributed by atoms with Crippen molar-refractivity contribution in [3.63, 3.8) is 0 Å². The first kappa shape index (κ1) is 19.9. The Morgan fingerprint density at radius 2 is 1.89 bits per heavy atom. The molecule has 2 aliphatic rings. The molecule has 0 aromatic carbocycles. The van der Waals surface area contributed by atoms with Crippen LogP contribution in [-0.2, 0) is 14.3 Å². The number of anilines is 1. The molecule has 2 aliphatic heterocycles. The van der Waals surface area contributed by atoms with Gasteiger partial charge in [-0.15, -0.1) is 0 Å². The van der Waals surface area contributed by atoms with E-state index in [2.05, 4.69) is 4.98 Å². The fourth-order valence-corrected chi connectivity index (χ4v) is 3.11. The van der Waals surface area contributed by atoms with Crippen molar-refractivity contribution >= 4 is 23.7 Å². The number of carbonyl (C=O) groups excluding carboxylic acids is 3. The molecular formula is C19H26N4O5. The van der Waals surface area contributed by atoms with Crippen LogP contribution < -0.4 is 9.64 Å². The monoisotopic (exact) mass is 390 g/mol. The van der Waals surface area contributed by atoms with Crippen molar-refractivity contribution in [3.05, 3.63) is 18.3 Å². The summed E-state index contributed by atoms with van der Waals surface area (Å²) in [6.45, 7) is 7.10. The molecule has 0 atom stereocenters. The minimum Gasteiger partial charge on any atom is -0.480 e. The first-order valence-electron chi connectivity index (χ1n) is 9.38. The van der Waals surface area contributed by atoms with Gasteiger partial charge in [-0.25, -0.2) is 9.78 Å². The number of ether oxygens (including phenoxy) is 2. The fraction of sp³-hybridized carbons (Fsp3) is 0.579. The lowest BCUT2D eigenvalue weighted by molar-refractivity contribution is -0.132. The highest BCUT2D eigenvalue weighted by atomic mass is 16.6. The highest BCUT2D eigenvalue weighted by Crippen LogP contribution is 2.28. The maximum atomic E-state index is 12.8. The van der Waals surface area contributed by atoms with Crippen LogP contribution in [0.2, 0.25) is 0 Å². The second kappa shape index (κ2) is 8.04. The summed E-state index contributed by atoms with van der Waals surface area (Å²) in [7, 11) is 0. The van der Waals surface area contributed by atoms with Gasteiger partial charge in [0.05, 0.1) is 0 Å². The molecule has 0 saturated carbocycles. The van der Waals surface area contributed by atoms with Crippen molar-refractivity contribution in [1.82, 2.24) is 14.8 Å². The Morgan fingerprint density at radius 3 is 2.64 bits per heavy atom. The van der Waals surface area contributed by atoms with Gasteiger partial charge in [0.15, 0.2) is 18.2 Å². The Morgan fingerprint density at radius 1 is 1.18 bits per heavy atom. The van der Waals surface area contributed by atoms with Crippen molar-refractivity contribution in [3.8, 4) is 5.75 Å². The number of aromatic nitrogens is 1. The molecule has 0 unspecified atom stereocenters. The number of nitrogens with zero attached hydrogens (tertiary/aromatic N) is 4. The predicted octanol–water partition coefficient (Wildman–Crippen LogP) is 1.28. The summed E-state index contributed by atoms with van der Waals surface area (Å²) in [5.74, 6) is 0.363. The van der Waals surface area contributed by atoms with Gasteiger partial charge in [0.2, 0.25) is 5.91 Å². The highest BCUT2D eigenvalue weighted by Gasteiger charge is 2.31. The standard InChI is InChI=1S/C19H26N4O5/c1-19(2,3)28-18(26)22-9-5-8-21(10-11-22)15(24)12-23-16(25)13-27-14-6-4-7-20-17(14)23/h4,6-7H,5,8-13H2,1-3H3. The van der Waals surface area contributed by atoms with Gasteiger partial charge in [-0.2, -0.15) is 0 Å². The quantitative estimate of drug-likeness (QED) is 0.755. The number of fused-ring (bicyclic) bond motifs is 1. The van der Waals surface area contributed by atoms with Crippen molar-refractivity contribution in [1.29, 1.82) is 0 Å². The minimum absolute atomic E-state index is 0.0986. The van der Waals surface area contributed by atoms with E-state index in [4.69, 9.17) is 9.47 Å². The molecule has 28 heavy (non-hydrogen) atoms. The number of hydrogen-bond acceptors (Lipinski definition) is 6. The first-order chi connectivity index (χ1) is 13.2. The van der Waals surface area contributed by atoms with Crippen LogP contribution in [0.3, 0.4) is 0 Å². The van der Waals surface area contributed by atoms with Crippen molar-refractivity contribution in [2.24, 2.45) is 0 Å². The summed E-state index contributed by atoms with van der Waals surface area (Å²) in [5, 5.41) is 0. The lowest BCUT2D eigenvalue weighted by atomic mass is 10.2. The summed E-state index contributed by atoms with van der Waals surface area (Å²) < 4.78 is 10.8. The van der Waals surface area contributed by atoms with Gasteiger partial charge in [0.1, 0.15) is 12.1 Å². The summed E-state index contributed by atoms with van der Waals surface area (Å²) in [6, 6.07) is 3.44. The number of hydrogen-bond donors (Lipinski definition) is 0. The molecule has 1 fully saturated rings. The number of carbonyl (C=O) groups is 3. The van der Waals surface area contributed by atoms with Crippen LogP contribution in [-0.4, -0.2) is 77.6 Å². The SMILES string of the molecule is CC(C)(C)OC(=O)N1CCCN(C(=O)CN2C(=O)COc3cccnc32)CC1. The van der Waals surface area contributed by atoms with Crippen LogP contribution in [0.5, 0.6) is 5.75 Å². The Kier molecular flexibility index (Phi) is 5.71. The van der Waals surface area contributed by atoms with Crippen molar-refractivity contribution < 1.29 is 23.9 Å². The van der Waals surface area contributed by atoms with Gasteiger partial charge in [0, 0.05) is 32.4 Å². The van der Waals surface area contributed by atoms with E-state index in [9.17, 15) is 14.4 Å². The van der Waals surface area contributed by atoms with E-state index in [1.807, 2.05) is 20.8 Å². The lowest BCUT2D eigenvalue weighted by Gasteiger charge is -2.30. The number of rotatable bonds is 2. The van der Waals surface area contributed by atoms with E-state index in [1.165, 1.54) is 4.90 Å². The summed E-state index contributed by atoms with van der Waals surface area (Å²) >= 11 is 0. The first-order valence-corrected chi connectivity index (χ1v) is 9.38. The maximum absolute atomic E-state index is 12.8. The average molecular weight is 390 g/mol. The molecule has 1 aromatic rings. The van der Waals surface area contributed by atoms with Crippen LogP contribution in [0.1, 0.15) is 27.2 Å². The second-order valence-corrected chi connectivity index (χ2v) is 7.80. The molecule has 9 nitrogen and oxygen atoms in total. The van der Waals surface area contributed by atoms with Crippen LogP contribution >= 0.6 is 0 Å². The van der Waals surface area contributed by atoms with Crippen molar-refractivity contribution in [2.45, 2.75) is 32.8 Å². The molecular weight excluding hydrogens is 364 g/mol. The molecule has 0 spiro atoms. The van der Waals surface area contributed by atoms with E-state index in [0.717, 1.165) is 0 Å². The predicted molar refractivity (Wildman–Crippen MR) is 101 cm³/mol. The average Bonchev–Trinajstić information content (AvgIpc) is 2.89. The zero-order valence-electron chi connectivity index (χ0n) is 16.5. The Balaban J connectivity index is 1.61. The number of pyridine rings is 1. The third-order valence-corrected chi connectivity index (χ3v) is 4.45. The summed E-state index contributed by atoms with van der Waals surface area (Å²) in [6.07, 6.45) is 1.84. The van der Waals surface area contributed by atoms with Gasteiger partial charge < -0.3 is 19.3 Å². The maximum Gasteiger partial charge on any atom is 0.410 e. The van der Waals surface area contributed by atoms with Crippen molar-refractivity contribution in [2.75, 3.05) is 44.2 Å². The topological polar surface area (TPSA) is 92.3 Å². The highest BCUT2D eigenvalue weighted by molar-refractivity contribution is 6.01. The Bertz CT molecular complexity index is 761. The fourth-order valence-electron chi connectivity index (χ4n) is 3.11. The minimum atomic E-state index is -0.560. The lowest BCUT2D eigenvalue weighted by Crippen LogP contribution is -2.47.